The van der Waals surface area contributed by atoms with E-state index in [1.54, 1.807) is 13.0 Å². The van der Waals surface area contributed by atoms with Crippen LogP contribution < -0.4 is 31.5 Å². The second-order valence-electron chi connectivity index (χ2n) is 15.8. The van der Waals surface area contributed by atoms with Crippen LogP contribution in [0.5, 0.6) is 0 Å². The molecule has 0 unspecified atom stereocenters. The van der Waals surface area contributed by atoms with E-state index in [-0.39, 0.29) is 43.2 Å². The summed E-state index contributed by atoms with van der Waals surface area (Å²) >= 11 is 6.32. The average molecular weight is 799 g/mol. The smallest absolute Gasteiger partial charge is 0.410 e. The van der Waals surface area contributed by atoms with Gasteiger partial charge in [0.15, 0.2) is 0 Å². The normalized spacial score (nSPS) is 25.1. The van der Waals surface area contributed by atoms with E-state index in [9.17, 15) is 37.2 Å². The Balaban J connectivity index is 0.953. The van der Waals surface area contributed by atoms with Gasteiger partial charge in [0.2, 0.25) is 27.7 Å². The SMILES string of the molecule is C[C@]1(C(=O)NS(=O)(=O)C2CC2)C[C@H]1C=CCCCCC[C@H](Nc1c(N2CCC2)c(=O)c1=O)C(=O)N1C[C@H](OC(=O)N2Cc3cccc(Cl)c3C2)C[C@H]1C(N)=O. The summed E-state index contributed by atoms with van der Waals surface area (Å²) in [6.07, 6.45) is 8.22. The predicted octanol–water partition coefficient (Wildman–Crippen LogP) is 2.68. The Hall–Kier alpha value is -4.44. The lowest BCUT2D eigenvalue weighted by Gasteiger charge is -2.36. The van der Waals surface area contributed by atoms with Crippen LogP contribution in [0.25, 0.3) is 0 Å². The number of hydrogen-bond acceptors (Lipinski definition) is 11. The van der Waals surface area contributed by atoms with Gasteiger partial charge in [0.1, 0.15) is 29.6 Å². The van der Waals surface area contributed by atoms with Crippen LogP contribution in [-0.4, -0.2) is 85.1 Å². The number of allylic oxidation sites excluding steroid dienone is 2. The molecule has 296 valence electrons. The maximum absolute atomic E-state index is 14.2. The van der Waals surface area contributed by atoms with Gasteiger partial charge in [0.05, 0.1) is 23.8 Å². The molecule has 3 heterocycles. The fourth-order valence-electron chi connectivity index (χ4n) is 7.80. The molecule has 0 spiro atoms. The number of nitrogens with one attached hydrogen (secondary N) is 2. The highest BCUT2D eigenvalue weighted by Crippen LogP contribution is 2.53. The maximum atomic E-state index is 14.2. The molecule has 4 fully saturated rings. The first kappa shape index (κ1) is 38.8. The Morgan fingerprint density at radius 1 is 1.09 bits per heavy atom. The number of nitrogens with zero attached hydrogens (tertiary/aromatic N) is 3. The van der Waals surface area contributed by atoms with E-state index < -0.39 is 73.5 Å². The van der Waals surface area contributed by atoms with Crippen LogP contribution in [0.1, 0.15) is 82.3 Å². The van der Waals surface area contributed by atoms with E-state index in [0.717, 1.165) is 24.0 Å². The Labute approximate surface area is 324 Å². The highest BCUT2D eigenvalue weighted by molar-refractivity contribution is 7.90. The standard InChI is InChI=1S/C38H47ClN6O9S/c1-38(36(50)42-55(52,53)25-13-14-25)18-23(38)10-5-3-2-4-6-12-28(41-30-31(33(47)32(30)46)43-15-8-16-43)35(49)45-20-24(17-29(45)34(40)48)54-37(51)44-19-22-9-7-11-27(39)26(22)21-44/h5,7,9-11,23-25,28-29,41H,2-4,6,8,12-21H2,1H3,(H2,40,48)(H,42,50)/t23-,24-,28+,29+,38+/m1/s1. The average Bonchev–Trinajstić information content (AvgIpc) is 4.00. The van der Waals surface area contributed by atoms with Crippen molar-refractivity contribution in [1.29, 1.82) is 0 Å². The number of anilines is 2. The van der Waals surface area contributed by atoms with Crippen molar-refractivity contribution in [3.05, 3.63) is 66.9 Å². The van der Waals surface area contributed by atoms with Crippen molar-refractivity contribution in [1.82, 2.24) is 14.5 Å². The molecule has 7 rings (SSSR count). The lowest BCUT2D eigenvalue weighted by molar-refractivity contribution is -0.138. The van der Waals surface area contributed by atoms with E-state index >= 15 is 0 Å². The molecule has 0 aromatic heterocycles. The molecular formula is C38H47ClN6O9S. The van der Waals surface area contributed by atoms with Gasteiger partial charge < -0.3 is 25.6 Å². The summed E-state index contributed by atoms with van der Waals surface area (Å²) in [5.74, 6) is -1.74. The molecule has 5 aliphatic rings. The number of carbonyl (C=O) groups excluding carboxylic acids is 4. The lowest BCUT2D eigenvalue weighted by Crippen LogP contribution is -2.52. The van der Waals surface area contributed by atoms with Gasteiger partial charge >= 0.3 is 6.09 Å². The summed E-state index contributed by atoms with van der Waals surface area (Å²) in [5, 5.41) is 3.15. The van der Waals surface area contributed by atoms with Crippen LogP contribution in [0.15, 0.2) is 39.9 Å². The molecular weight excluding hydrogens is 752 g/mol. The zero-order valence-corrected chi connectivity index (χ0v) is 32.3. The number of likely N-dealkylation sites (tertiary alicyclic amines) is 1. The molecule has 15 nitrogen and oxygen atoms in total. The number of unbranched alkanes of at least 4 members (excludes halogenated alkanes) is 3. The van der Waals surface area contributed by atoms with E-state index in [1.807, 2.05) is 29.2 Å². The van der Waals surface area contributed by atoms with Gasteiger partial charge in [-0.05, 0) is 68.1 Å². The molecule has 4 amide bonds. The molecule has 0 radical (unpaired) electrons. The summed E-state index contributed by atoms with van der Waals surface area (Å²) in [7, 11) is -3.60. The van der Waals surface area contributed by atoms with Gasteiger partial charge in [-0.25, -0.2) is 13.2 Å². The number of hydrogen-bond donors (Lipinski definition) is 3. The van der Waals surface area contributed by atoms with Crippen molar-refractivity contribution in [2.75, 3.05) is 29.9 Å². The predicted molar refractivity (Wildman–Crippen MR) is 204 cm³/mol. The van der Waals surface area contributed by atoms with Gasteiger partial charge in [-0.15, -0.1) is 0 Å². The molecule has 2 saturated carbocycles. The Kier molecular flexibility index (Phi) is 10.8. The summed E-state index contributed by atoms with van der Waals surface area (Å²) < 4.78 is 32.5. The summed E-state index contributed by atoms with van der Waals surface area (Å²) in [6.45, 7) is 3.55. The van der Waals surface area contributed by atoms with Crippen LogP contribution in [-0.2, 0) is 42.2 Å². The Morgan fingerprint density at radius 2 is 1.85 bits per heavy atom. The zero-order chi connectivity index (χ0) is 39.2. The van der Waals surface area contributed by atoms with E-state index in [1.165, 1.54) is 9.80 Å². The van der Waals surface area contributed by atoms with Crippen LogP contribution in [0, 0.1) is 11.3 Å². The minimum atomic E-state index is -3.60. The first-order valence-corrected chi connectivity index (χ1v) is 21.0. The largest absolute Gasteiger partial charge is 0.444 e. The fraction of sp³-hybridized carbons (Fsp3) is 0.579. The van der Waals surface area contributed by atoms with Crippen molar-refractivity contribution in [2.45, 2.75) is 108 Å². The third-order valence-electron chi connectivity index (χ3n) is 11.8. The van der Waals surface area contributed by atoms with Gasteiger partial charge in [-0.1, -0.05) is 55.7 Å². The van der Waals surface area contributed by atoms with Crippen molar-refractivity contribution in [3.63, 3.8) is 0 Å². The second-order valence-corrected chi connectivity index (χ2v) is 18.1. The molecule has 2 aromatic carbocycles. The molecule has 0 bridgehead atoms. The molecule has 5 atom stereocenters. The molecule has 55 heavy (non-hydrogen) atoms. The van der Waals surface area contributed by atoms with Crippen LogP contribution in [0.3, 0.4) is 0 Å². The van der Waals surface area contributed by atoms with Gasteiger partial charge in [0, 0.05) is 31.1 Å². The number of sulfonamides is 1. The third kappa shape index (κ3) is 7.98. The zero-order valence-electron chi connectivity index (χ0n) is 30.8. The highest BCUT2D eigenvalue weighted by Gasteiger charge is 2.56. The van der Waals surface area contributed by atoms with Crippen molar-refractivity contribution < 1.29 is 32.3 Å². The van der Waals surface area contributed by atoms with Gasteiger partial charge in [0.25, 0.3) is 10.9 Å². The summed E-state index contributed by atoms with van der Waals surface area (Å²) in [4.78, 5) is 82.6. The summed E-state index contributed by atoms with van der Waals surface area (Å²) in [5.41, 5.74) is 5.85. The number of ether oxygens (including phenoxy) is 1. The highest BCUT2D eigenvalue weighted by atomic mass is 35.5. The number of halogens is 1. The van der Waals surface area contributed by atoms with Crippen molar-refractivity contribution in [3.8, 4) is 0 Å². The number of benzene rings is 1. The van der Waals surface area contributed by atoms with Crippen LogP contribution in [0.4, 0.5) is 16.2 Å². The van der Waals surface area contributed by atoms with E-state index in [0.29, 0.717) is 63.2 Å². The fourth-order valence-corrected chi connectivity index (χ4v) is 9.47. The topological polar surface area (TPSA) is 206 Å². The number of nitrogens with two attached hydrogens (primary N) is 1. The van der Waals surface area contributed by atoms with Crippen molar-refractivity contribution >= 4 is 56.8 Å². The van der Waals surface area contributed by atoms with E-state index in [4.69, 9.17) is 22.1 Å². The number of amides is 4. The molecule has 2 aliphatic carbocycles. The van der Waals surface area contributed by atoms with Crippen molar-refractivity contribution in [2.24, 2.45) is 17.1 Å². The second kappa shape index (κ2) is 15.2. The molecule has 17 heteroatoms. The first-order chi connectivity index (χ1) is 26.2. The molecule has 2 saturated heterocycles. The minimum absolute atomic E-state index is 0.0184. The molecule has 3 aliphatic heterocycles. The van der Waals surface area contributed by atoms with Crippen LogP contribution >= 0.6 is 11.6 Å². The Bertz CT molecular complexity index is 2090. The quantitative estimate of drug-likeness (QED) is 0.128. The van der Waals surface area contributed by atoms with Gasteiger partial charge in [-0.3, -0.25) is 33.6 Å². The number of carbonyl (C=O) groups is 4. The molecule has 2 aromatic rings. The third-order valence-corrected chi connectivity index (χ3v) is 13.9. The first-order valence-electron chi connectivity index (χ1n) is 19.1. The Morgan fingerprint density at radius 3 is 2.53 bits per heavy atom. The van der Waals surface area contributed by atoms with Crippen LogP contribution in [0.2, 0.25) is 5.02 Å². The van der Waals surface area contributed by atoms with E-state index in [2.05, 4.69) is 10.0 Å². The van der Waals surface area contributed by atoms with Gasteiger partial charge in [-0.2, -0.15) is 0 Å². The number of primary amides is 1. The minimum Gasteiger partial charge on any atom is -0.444 e. The lowest BCUT2D eigenvalue weighted by atomic mass is 10.0. The molecule has 4 N–H and O–H groups in total. The number of fused-ring (bicyclic) bond motifs is 1. The number of rotatable bonds is 16. The monoisotopic (exact) mass is 798 g/mol. The summed E-state index contributed by atoms with van der Waals surface area (Å²) in [6, 6.07) is 3.46. The maximum Gasteiger partial charge on any atom is 0.410 e.